The molecule has 3 heteroatoms. The molecule has 1 N–H and O–H groups in total. The fourth-order valence-corrected chi connectivity index (χ4v) is 2.19. The second kappa shape index (κ2) is 5.23. The van der Waals surface area contributed by atoms with Crippen LogP contribution in [0.5, 0.6) is 0 Å². The number of hydrogen-bond donors (Lipinski definition) is 1. The molecule has 0 spiro atoms. The number of likely N-dealkylation sites (tertiary alicyclic amines) is 1. The van der Waals surface area contributed by atoms with Crippen molar-refractivity contribution in [2.24, 2.45) is 4.99 Å². The Balaban J connectivity index is 1.89. The molecule has 0 amide bonds. The van der Waals surface area contributed by atoms with Gasteiger partial charge < -0.3 is 10.2 Å². The fraction of sp³-hybridized carbons (Fsp3) is 0.909. The third kappa shape index (κ3) is 2.63. The number of hydrogen-bond acceptors (Lipinski definition) is 3. The average Bonchev–Trinajstić information content (AvgIpc) is 2.18. The summed E-state index contributed by atoms with van der Waals surface area (Å²) in [6.07, 6.45) is 8.07. The fourth-order valence-electron chi connectivity index (χ4n) is 2.19. The monoisotopic (exact) mass is 195 g/mol. The van der Waals surface area contributed by atoms with E-state index in [-0.39, 0.29) is 0 Å². The summed E-state index contributed by atoms with van der Waals surface area (Å²) < 4.78 is 0. The molecule has 2 aliphatic heterocycles. The molecule has 3 nitrogen and oxygen atoms in total. The first-order valence-electron chi connectivity index (χ1n) is 6.00. The lowest BCUT2D eigenvalue weighted by Gasteiger charge is -2.30. The van der Waals surface area contributed by atoms with Gasteiger partial charge in [-0.3, -0.25) is 4.99 Å². The summed E-state index contributed by atoms with van der Waals surface area (Å²) in [7, 11) is 0. The summed E-state index contributed by atoms with van der Waals surface area (Å²) in [4.78, 5) is 7.00. The van der Waals surface area contributed by atoms with Crippen LogP contribution in [0, 0.1) is 0 Å². The second-order valence-electron chi connectivity index (χ2n) is 4.24. The quantitative estimate of drug-likeness (QED) is 0.636. The summed E-state index contributed by atoms with van der Waals surface area (Å²) in [5, 5.41) is 3.41. The van der Waals surface area contributed by atoms with Crippen molar-refractivity contribution in [2.75, 3.05) is 26.2 Å². The van der Waals surface area contributed by atoms with Gasteiger partial charge in [0.1, 0.15) is 0 Å². The van der Waals surface area contributed by atoms with E-state index < -0.39 is 0 Å². The van der Waals surface area contributed by atoms with Crippen molar-refractivity contribution in [1.29, 1.82) is 0 Å². The molecule has 0 unspecified atom stereocenters. The highest BCUT2D eigenvalue weighted by Gasteiger charge is 2.13. The Hall–Kier alpha value is -0.730. The molecule has 1 saturated heterocycles. The van der Waals surface area contributed by atoms with Crippen LogP contribution < -0.4 is 5.32 Å². The van der Waals surface area contributed by atoms with Gasteiger partial charge in [0.2, 0.25) is 0 Å². The van der Waals surface area contributed by atoms with Crippen LogP contribution >= 0.6 is 0 Å². The molecule has 0 aromatic heterocycles. The van der Waals surface area contributed by atoms with Gasteiger partial charge in [-0.1, -0.05) is 19.3 Å². The van der Waals surface area contributed by atoms with E-state index in [0.29, 0.717) is 0 Å². The minimum atomic E-state index is 1.01. The maximum Gasteiger partial charge on any atom is 0.193 e. The molecule has 0 atom stereocenters. The van der Waals surface area contributed by atoms with E-state index in [1.807, 2.05) is 0 Å². The van der Waals surface area contributed by atoms with Crippen LogP contribution in [0.15, 0.2) is 4.99 Å². The highest BCUT2D eigenvalue weighted by Crippen LogP contribution is 2.11. The number of aliphatic imine (C=N–C) groups is 1. The highest BCUT2D eigenvalue weighted by molar-refractivity contribution is 5.80. The molecule has 0 aliphatic carbocycles. The van der Waals surface area contributed by atoms with Crippen molar-refractivity contribution in [3.05, 3.63) is 0 Å². The summed E-state index contributed by atoms with van der Waals surface area (Å²) >= 11 is 0. The Morgan fingerprint density at radius 2 is 1.64 bits per heavy atom. The van der Waals surface area contributed by atoms with Crippen LogP contribution in [0.4, 0.5) is 0 Å². The summed E-state index contributed by atoms with van der Waals surface area (Å²) in [6, 6.07) is 0. The zero-order chi connectivity index (χ0) is 9.64. The van der Waals surface area contributed by atoms with Crippen LogP contribution in [-0.4, -0.2) is 37.0 Å². The van der Waals surface area contributed by atoms with E-state index in [0.717, 1.165) is 19.0 Å². The summed E-state index contributed by atoms with van der Waals surface area (Å²) in [5.74, 6) is 1.16. The zero-order valence-electron chi connectivity index (χ0n) is 8.97. The first-order valence-corrected chi connectivity index (χ1v) is 6.00. The Bertz CT molecular complexity index is 193. The van der Waals surface area contributed by atoms with Crippen molar-refractivity contribution in [3.8, 4) is 0 Å². The standard InChI is InChI=1S/C11H21N3/c1-2-4-9-14(10-5-3-1)11-12-7-6-8-13-11/h1-10H2,(H,12,13). The van der Waals surface area contributed by atoms with E-state index in [4.69, 9.17) is 0 Å². The molecule has 2 rings (SSSR count). The smallest absolute Gasteiger partial charge is 0.193 e. The molecule has 80 valence electrons. The third-order valence-electron chi connectivity index (χ3n) is 3.04. The molecule has 0 bridgehead atoms. The van der Waals surface area contributed by atoms with E-state index in [1.165, 1.54) is 51.6 Å². The lowest BCUT2D eigenvalue weighted by atomic mass is 10.1. The van der Waals surface area contributed by atoms with Crippen LogP contribution in [0.2, 0.25) is 0 Å². The summed E-state index contributed by atoms with van der Waals surface area (Å²) in [5.41, 5.74) is 0. The van der Waals surface area contributed by atoms with Crippen molar-refractivity contribution >= 4 is 5.96 Å². The highest BCUT2D eigenvalue weighted by atomic mass is 15.3. The maximum atomic E-state index is 4.56. The minimum absolute atomic E-state index is 1.01. The largest absolute Gasteiger partial charge is 0.356 e. The SMILES string of the molecule is C1CCCN(C2=NCCCN2)CCC1. The van der Waals surface area contributed by atoms with Gasteiger partial charge >= 0.3 is 0 Å². The molecular weight excluding hydrogens is 174 g/mol. The lowest BCUT2D eigenvalue weighted by molar-refractivity contribution is 0.347. The van der Waals surface area contributed by atoms with E-state index >= 15 is 0 Å². The predicted molar refractivity (Wildman–Crippen MR) is 59.6 cm³/mol. The van der Waals surface area contributed by atoms with Crippen molar-refractivity contribution in [2.45, 2.75) is 38.5 Å². The lowest BCUT2D eigenvalue weighted by Crippen LogP contribution is -2.45. The first kappa shape index (κ1) is 9.81. The molecule has 2 aliphatic rings. The van der Waals surface area contributed by atoms with Gasteiger partial charge in [0, 0.05) is 26.2 Å². The second-order valence-corrected chi connectivity index (χ2v) is 4.24. The minimum Gasteiger partial charge on any atom is -0.356 e. The van der Waals surface area contributed by atoms with Crippen molar-refractivity contribution in [3.63, 3.8) is 0 Å². The predicted octanol–water partition coefficient (Wildman–Crippen LogP) is 1.60. The average molecular weight is 195 g/mol. The number of rotatable bonds is 0. The van der Waals surface area contributed by atoms with E-state index in [9.17, 15) is 0 Å². The molecule has 0 aromatic carbocycles. The van der Waals surface area contributed by atoms with Gasteiger partial charge in [-0.05, 0) is 19.3 Å². The molecule has 2 heterocycles. The third-order valence-corrected chi connectivity index (χ3v) is 3.04. The first-order chi connectivity index (χ1) is 6.97. The van der Waals surface area contributed by atoms with Crippen LogP contribution in [0.1, 0.15) is 38.5 Å². The number of nitrogens with one attached hydrogen (secondary N) is 1. The topological polar surface area (TPSA) is 27.6 Å². The zero-order valence-corrected chi connectivity index (χ0v) is 8.97. The van der Waals surface area contributed by atoms with Gasteiger partial charge in [0.05, 0.1) is 0 Å². The normalized spacial score (nSPS) is 24.6. The molecule has 0 aromatic rings. The van der Waals surface area contributed by atoms with Crippen LogP contribution in [0.3, 0.4) is 0 Å². The molecule has 14 heavy (non-hydrogen) atoms. The number of guanidine groups is 1. The molecule has 0 saturated carbocycles. The Kier molecular flexibility index (Phi) is 3.66. The molecule has 1 fully saturated rings. The van der Waals surface area contributed by atoms with Crippen LogP contribution in [0.25, 0.3) is 0 Å². The Morgan fingerprint density at radius 3 is 2.29 bits per heavy atom. The van der Waals surface area contributed by atoms with Gasteiger partial charge in [-0.25, -0.2) is 0 Å². The van der Waals surface area contributed by atoms with Crippen molar-refractivity contribution in [1.82, 2.24) is 10.2 Å². The van der Waals surface area contributed by atoms with Gasteiger partial charge in [-0.2, -0.15) is 0 Å². The molecular formula is C11H21N3. The van der Waals surface area contributed by atoms with Gasteiger partial charge in [0.15, 0.2) is 5.96 Å². The van der Waals surface area contributed by atoms with E-state index in [1.54, 1.807) is 0 Å². The van der Waals surface area contributed by atoms with Crippen molar-refractivity contribution < 1.29 is 0 Å². The Labute approximate surface area is 86.6 Å². The Morgan fingerprint density at radius 1 is 0.929 bits per heavy atom. The summed E-state index contributed by atoms with van der Waals surface area (Å²) in [6.45, 7) is 4.52. The van der Waals surface area contributed by atoms with Gasteiger partial charge in [-0.15, -0.1) is 0 Å². The van der Waals surface area contributed by atoms with Crippen LogP contribution in [-0.2, 0) is 0 Å². The van der Waals surface area contributed by atoms with Gasteiger partial charge in [0.25, 0.3) is 0 Å². The number of nitrogens with zero attached hydrogens (tertiary/aromatic N) is 2. The van der Waals surface area contributed by atoms with E-state index in [2.05, 4.69) is 15.2 Å². The molecule has 0 radical (unpaired) electrons. The maximum absolute atomic E-state index is 4.56.